The maximum absolute atomic E-state index is 12.7. The first-order valence-corrected chi connectivity index (χ1v) is 8.21. The van der Waals surface area contributed by atoms with E-state index in [-0.39, 0.29) is 17.8 Å². The van der Waals surface area contributed by atoms with E-state index in [9.17, 15) is 4.79 Å². The second kappa shape index (κ2) is 5.35. The Morgan fingerprint density at radius 1 is 1.53 bits per heavy atom. The second-order valence-electron chi connectivity index (χ2n) is 4.84. The smallest absolute Gasteiger partial charge is 0.170 e. The molecule has 4 heteroatoms. The SMILES string of the molecule is CCC1OCCC1C(=O)c1csc2c(Br)cccc12. The molecule has 2 heterocycles. The Bertz CT molecular complexity index is 620. The highest BCUT2D eigenvalue weighted by Crippen LogP contribution is 2.35. The first-order chi connectivity index (χ1) is 9.22. The quantitative estimate of drug-likeness (QED) is 0.760. The lowest BCUT2D eigenvalue weighted by molar-refractivity contribution is 0.0690. The Hall–Kier alpha value is -0.710. The standard InChI is InChI=1S/C15H15BrO2S/c1-2-13-10(6-7-18-13)14(17)11-8-19-15-9(11)4-3-5-12(15)16/h3-5,8,10,13H,2,6-7H2,1H3. The van der Waals surface area contributed by atoms with Gasteiger partial charge in [-0.2, -0.15) is 0 Å². The van der Waals surface area contributed by atoms with Crippen LogP contribution in [0.25, 0.3) is 10.1 Å². The van der Waals surface area contributed by atoms with E-state index in [0.29, 0.717) is 6.61 Å². The van der Waals surface area contributed by atoms with Crippen LogP contribution in [0.1, 0.15) is 30.1 Å². The fourth-order valence-electron chi connectivity index (χ4n) is 2.76. The largest absolute Gasteiger partial charge is 0.377 e. The first kappa shape index (κ1) is 13.3. The van der Waals surface area contributed by atoms with Gasteiger partial charge in [0.25, 0.3) is 0 Å². The van der Waals surface area contributed by atoms with Gasteiger partial charge in [-0.3, -0.25) is 4.79 Å². The van der Waals surface area contributed by atoms with Gasteiger partial charge in [0.1, 0.15) is 0 Å². The highest BCUT2D eigenvalue weighted by molar-refractivity contribution is 9.10. The van der Waals surface area contributed by atoms with Crippen LogP contribution >= 0.6 is 27.3 Å². The molecule has 2 unspecified atom stereocenters. The summed E-state index contributed by atoms with van der Waals surface area (Å²) in [5.74, 6) is 0.274. The number of fused-ring (bicyclic) bond motifs is 1. The maximum Gasteiger partial charge on any atom is 0.170 e. The molecule has 1 aliphatic rings. The van der Waals surface area contributed by atoms with Crippen LogP contribution in [-0.4, -0.2) is 18.5 Å². The zero-order valence-electron chi connectivity index (χ0n) is 10.7. The van der Waals surface area contributed by atoms with Crippen molar-refractivity contribution in [2.24, 2.45) is 5.92 Å². The predicted octanol–water partition coefficient (Wildman–Crippen LogP) is 4.66. The lowest BCUT2D eigenvalue weighted by Crippen LogP contribution is -2.23. The Morgan fingerprint density at radius 3 is 3.16 bits per heavy atom. The summed E-state index contributed by atoms with van der Waals surface area (Å²) in [4.78, 5) is 12.7. The second-order valence-corrected chi connectivity index (χ2v) is 6.58. The van der Waals surface area contributed by atoms with Crippen LogP contribution in [-0.2, 0) is 4.74 Å². The van der Waals surface area contributed by atoms with Crippen LogP contribution in [0.3, 0.4) is 0 Å². The summed E-state index contributed by atoms with van der Waals surface area (Å²) >= 11 is 5.17. The minimum atomic E-state index is 0.0294. The molecule has 0 spiro atoms. The molecule has 0 N–H and O–H groups in total. The van der Waals surface area contributed by atoms with Gasteiger partial charge >= 0.3 is 0 Å². The van der Waals surface area contributed by atoms with E-state index in [4.69, 9.17) is 4.74 Å². The minimum Gasteiger partial charge on any atom is -0.377 e. The number of ether oxygens (including phenoxy) is 1. The molecular weight excluding hydrogens is 324 g/mol. The summed E-state index contributed by atoms with van der Waals surface area (Å²) in [6.45, 7) is 2.79. The molecule has 0 amide bonds. The molecule has 19 heavy (non-hydrogen) atoms. The third-order valence-corrected chi connectivity index (χ3v) is 5.72. The third-order valence-electron chi connectivity index (χ3n) is 3.77. The number of rotatable bonds is 3. The van der Waals surface area contributed by atoms with E-state index in [1.807, 2.05) is 23.6 Å². The Labute approximate surface area is 124 Å². The Balaban J connectivity index is 2.00. The predicted molar refractivity (Wildman–Crippen MR) is 82.0 cm³/mol. The van der Waals surface area contributed by atoms with Crippen LogP contribution in [0.4, 0.5) is 0 Å². The number of halogens is 1. The molecule has 2 nitrogen and oxygen atoms in total. The molecule has 0 aliphatic carbocycles. The zero-order valence-corrected chi connectivity index (χ0v) is 13.1. The van der Waals surface area contributed by atoms with Gasteiger partial charge in [-0.15, -0.1) is 11.3 Å². The fraction of sp³-hybridized carbons (Fsp3) is 0.400. The normalized spacial score (nSPS) is 23.1. The van der Waals surface area contributed by atoms with Crippen molar-refractivity contribution in [3.63, 3.8) is 0 Å². The van der Waals surface area contributed by atoms with Crippen LogP contribution in [0.2, 0.25) is 0 Å². The van der Waals surface area contributed by atoms with Crippen LogP contribution < -0.4 is 0 Å². The number of carbonyl (C=O) groups excluding carboxylic acids is 1. The van der Waals surface area contributed by atoms with Crippen LogP contribution in [0.15, 0.2) is 28.1 Å². The van der Waals surface area contributed by atoms with Crippen molar-refractivity contribution in [1.29, 1.82) is 0 Å². The highest BCUT2D eigenvalue weighted by Gasteiger charge is 2.34. The molecule has 2 atom stereocenters. The van der Waals surface area contributed by atoms with Gasteiger partial charge in [-0.25, -0.2) is 0 Å². The van der Waals surface area contributed by atoms with E-state index in [1.165, 1.54) is 0 Å². The molecule has 2 aromatic rings. The van der Waals surface area contributed by atoms with Gasteiger partial charge in [-0.1, -0.05) is 19.1 Å². The number of Topliss-reactive ketones (excluding diaryl/α,β-unsaturated/α-hetero) is 1. The molecule has 0 bridgehead atoms. The van der Waals surface area contributed by atoms with Gasteiger partial charge < -0.3 is 4.74 Å². The summed E-state index contributed by atoms with van der Waals surface area (Å²) in [5, 5.41) is 3.05. The molecule has 1 saturated heterocycles. The molecule has 1 aromatic carbocycles. The molecule has 3 rings (SSSR count). The zero-order chi connectivity index (χ0) is 13.4. The molecule has 1 fully saturated rings. The van der Waals surface area contributed by atoms with E-state index >= 15 is 0 Å². The van der Waals surface area contributed by atoms with E-state index in [0.717, 1.165) is 33.0 Å². The van der Waals surface area contributed by atoms with Crippen molar-refractivity contribution in [2.45, 2.75) is 25.9 Å². The van der Waals surface area contributed by atoms with E-state index < -0.39 is 0 Å². The fourth-order valence-corrected chi connectivity index (χ4v) is 4.37. The van der Waals surface area contributed by atoms with Crippen molar-refractivity contribution in [3.8, 4) is 0 Å². The Kier molecular flexibility index (Phi) is 3.74. The monoisotopic (exact) mass is 338 g/mol. The lowest BCUT2D eigenvalue weighted by Gasteiger charge is -2.15. The summed E-state index contributed by atoms with van der Waals surface area (Å²) in [7, 11) is 0. The van der Waals surface area contributed by atoms with Gasteiger partial charge in [0.2, 0.25) is 0 Å². The van der Waals surface area contributed by atoms with E-state index in [1.54, 1.807) is 11.3 Å². The summed E-state index contributed by atoms with van der Waals surface area (Å²) < 4.78 is 7.85. The molecule has 0 radical (unpaired) electrons. The van der Waals surface area contributed by atoms with Crippen molar-refractivity contribution < 1.29 is 9.53 Å². The van der Waals surface area contributed by atoms with Crippen LogP contribution in [0, 0.1) is 5.92 Å². The molecule has 0 saturated carbocycles. The van der Waals surface area contributed by atoms with Crippen molar-refractivity contribution in [2.75, 3.05) is 6.61 Å². The topological polar surface area (TPSA) is 26.3 Å². The number of ketones is 1. The number of hydrogen-bond donors (Lipinski definition) is 0. The first-order valence-electron chi connectivity index (χ1n) is 6.54. The highest BCUT2D eigenvalue weighted by atomic mass is 79.9. The van der Waals surface area contributed by atoms with Crippen LogP contribution in [0.5, 0.6) is 0 Å². The van der Waals surface area contributed by atoms with Gasteiger partial charge in [0.15, 0.2) is 5.78 Å². The minimum absolute atomic E-state index is 0.0294. The average Bonchev–Trinajstić information content (AvgIpc) is 3.05. The maximum atomic E-state index is 12.7. The number of carbonyl (C=O) groups is 1. The Morgan fingerprint density at radius 2 is 2.37 bits per heavy atom. The van der Waals surface area contributed by atoms with Crippen molar-refractivity contribution in [3.05, 3.63) is 33.6 Å². The average molecular weight is 339 g/mol. The van der Waals surface area contributed by atoms with Gasteiger partial charge in [0.05, 0.1) is 12.0 Å². The molecular formula is C15H15BrO2S. The van der Waals surface area contributed by atoms with Crippen molar-refractivity contribution >= 4 is 43.1 Å². The summed E-state index contributed by atoms with van der Waals surface area (Å²) in [6, 6.07) is 6.03. The van der Waals surface area contributed by atoms with E-state index in [2.05, 4.69) is 22.9 Å². The van der Waals surface area contributed by atoms with Crippen molar-refractivity contribution in [1.82, 2.24) is 0 Å². The number of benzene rings is 1. The lowest BCUT2D eigenvalue weighted by atomic mass is 9.90. The summed E-state index contributed by atoms with van der Waals surface area (Å²) in [5.41, 5.74) is 0.857. The van der Waals surface area contributed by atoms with Gasteiger partial charge in [0, 0.05) is 32.1 Å². The molecule has 100 valence electrons. The molecule has 1 aromatic heterocycles. The third kappa shape index (κ3) is 2.26. The number of hydrogen-bond acceptors (Lipinski definition) is 3. The molecule has 1 aliphatic heterocycles. The summed E-state index contributed by atoms with van der Waals surface area (Å²) in [6.07, 6.45) is 1.85. The number of thiophene rings is 1. The van der Waals surface area contributed by atoms with Gasteiger partial charge in [-0.05, 0) is 34.8 Å².